The second kappa shape index (κ2) is 7.98. The number of H-pyrrole nitrogens is 1. The van der Waals surface area contributed by atoms with Crippen molar-refractivity contribution < 1.29 is 4.74 Å². The summed E-state index contributed by atoms with van der Waals surface area (Å²) in [5, 5.41) is 0.732. The maximum absolute atomic E-state index is 5.90. The van der Waals surface area contributed by atoms with E-state index in [0.29, 0.717) is 6.61 Å². The smallest absolute Gasteiger partial charge is 0.203 e. The predicted molar refractivity (Wildman–Crippen MR) is 106 cm³/mol. The number of imidazole rings is 1. The molecule has 0 radical (unpaired) electrons. The Morgan fingerprint density at radius 1 is 1.00 bits per heavy atom. The summed E-state index contributed by atoms with van der Waals surface area (Å²) in [6.45, 7) is 5.71. The molecule has 0 unspecified atom stereocenters. The molecule has 0 amide bonds. The number of aromatic amines is 1. The van der Waals surface area contributed by atoms with Crippen molar-refractivity contribution in [2.75, 3.05) is 44.2 Å². The lowest BCUT2D eigenvalue weighted by molar-refractivity contribution is 0.218. The van der Waals surface area contributed by atoms with Gasteiger partial charge in [0.2, 0.25) is 5.95 Å². The van der Waals surface area contributed by atoms with Crippen molar-refractivity contribution in [1.29, 1.82) is 0 Å². The van der Waals surface area contributed by atoms with Crippen LogP contribution in [-0.4, -0.2) is 54.2 Å². The largest absolute Gasteiger partial charge is 0.492 e. The quantitative estimate of drug-likeness (QED) is 0.741. The van der Waals surface area contributed by atoms with Crippen LogP contribution in [0.3, 0.4) is 0 Å². The minimum Gasteiger partial charge on any atom is -0.492 e. The second-order valence-corrected chi connectivity index (χ2v) is 7.00. The number of nitrogens with one attached hydrogen (secondary N) is 1. The maximum Gasteiger partial charge on any atom is 0.203 e. The lowest BCUT2D eigenvalue weighted by Crippen LogP contribution is -2.33. The fourth-order valence-corrected chi connectivity index (χ4v) is 3.44. The Kier molecular flexibility index (Phi) is 5.27. The van der Waals surface area contributed by atoms with Crippen LogP contribution < -0.4 is 9.64 Å². The van der Waals surface area contributed by atoms with Gasteiger partial charge < -0.3 is 14.6 Å². The number of hydrogen-bond acceptors (Lipinski definition) is 4. The van der Waals surface area contributed by atoms with Gasteiger partial charge in [-0.25, -0.2) is 4.98 Å². The molecule has 5 nitrogen and oxygen atoms in total. The van der Waals surface area contributed by atoms with Crippen molar-refractivity contribution >= 4 is 28.6 Å². The summed E-state index contributed by atoms with van der Waals surface area (Å²) in [5.74, 6) is 1.85. The molecule has 0 atom stereocenters. The van der Waals surface area contributed by atoms with E-state index in [9.17, 15) is 0 Å². The number of halogens is 1. The third-order valence-electron chi connectivity index (χ3n) is 4.75. The van der Waals surface area contributed by atoms with Gasteiger partial charge in [0.1, 0.15) is 12.4 Å². The number of benzene rings is 2. The fraction of sp³-hybridized carbons (Fsp3) is 0.350. The average molecular weight is 371 g/mol. The van der Waals surface area contributed by atoms with Gasteiger partial charge in [-0.1, -0.05) is 23.7 Å². The van der Waals surface area contributed by atoms with Crippen molar-refractivity contribution in [3.8, 4) is 5.75 Å². The Hall–Kier alpha value is -2.24. The monoisotopic (exact) mass is 370 g/mol. The first-order valence-corrected chi connectivity index (χ1v) is 9.46. The lowest BCUT2D eigenvalue weighted by atomic mass is 10.3. The first-order chi connectivity index (χ1) is 12.8. The molecule has 0 saturated carbocycles. The van der Waals surface area contributed by atoms with Crippen LogP contribution in [0.25, 0.3) is 11.0 Å². The van der Waals surface area contributed by atoms with Gasteiger partial charge in [0.25, 0.3) is 0 Å². The highest BCUT2D eigenvalue weighted by Gasteiger charge is 2.17. The second-order valence-electron chi connectivity index (χ2n) is 6.56. The topological polar surface area (TPSA) is 44.4 Å². The molecule has 0 spiro atoms. The van der Waals surface area contributed by atoms with Gasteiger partial charge in [0.15, 0.2) is 0 Å². The molecule has 26 heavy (non-hydrogen) atoms. The van der Waals surface area contributed by atoms with Crippen LogP contribution in [0, 0.1) is 0 Å². The van der Waals surface area contributed by atoms with Gasteiger partial charge in [0.05, 0.1) is 11.0 Å². The summed E-state index contributed by atoms with van der Waals surface area (Å²) in [5.41, 5.74) is 2.12. The van der Waals surface area contributed by atoms with E-state index in [1.807, 2.05) is 42.5 Å². The number of rotatable bonds is 5. The number of para-hydroxylation sites is 2. The Morgan fingerprint density at radius 2 is 1.85 bits per heavy atom. The SMILES string of the molecule is Clc1ccc(OCCN2CCCN(c3nc4ccccc4[nH]3)CC2)cc1. The van der Waals surface area contributed by atoms with Crippen LogP contribution in [-0.2, 0) is 0 Å². The molecule has 136 valence electrons. The zero-order valence-electron chi connectivity index (χ0n) is 14.7. The number of fused-ring (bicyclic) bond motifs is 1. The van der Waals surface area contributed by atoms with Gasteiger partial charge in [-0.3, -0.25) is 4.90 Å². The molecule has 2 heterocycles. The molecule has 1 N–H and O–H groups in total. The van der Waals surface area contributed by atoms with E-state index in [1.54, 1.807) is 0 Å². The number of aromatic nitrogens is 2. The molecule has 1 saturated heterocycles. The Balaban J connectivity index is 1.29. The average Bonchev–Trinajstić information content (AvgIpc) is 2.95. The highest BCUT2D eigenvalue weighted by molar-refractivity contribution is 6.30. The first kappa shape index (κ1) is 17.2. The number of nitrogens with zero attached hydrogens (tertiary/aromatic N) is 3. The molecule has 1 aromatic heterocycles. The Morgan fingerprint density at radius 3 is 2.69 bits per heavy atom. The molecule has 1 aliphatic rings. The molecule has 2 aromatic carbocycles. The zero-order valence-corrected chi connectivity index (χ0v) is 15.5. The molecule has 1 fully saturated rings. The van der Waals surface area contributed by atoms with E-state index in [1.165, 1.54) is 0 Å². The minimum atomic E-state index is 0.687. The number of hydrogen-bond donors (Lipinski definition) is 1. The van der Waals surface area contributed by atoms with Gasteiger partial charge in [-0.15, -0.1) is 0 Å². The third-order valence-corrected chi connectivity index (χ3v) is 5.01. The van der Waals surface area contributed by atoms with Gasteiger partial charge in [0, 0.05) is 37.7 Å². The molecule has 0 aliphatic carbocycles. The highest BCUT2D eigenvalue weighted by atomic mass is 35.5. The fourth-order valence-electron chi connectivity index (χ4n) is 3.32. The normalized spacial score (nSPS) is 16.0. The number of anilines is 1. The van der Waals surface area contributed by atoms with Crippen LogP contribution >= 0.6 is 11.6 Å². The van der Waals surface area contributed by atoms with E-state index < -0.39 is 0 Å². The summed E-state index contributed by atoms with van der Waals surface area (Å²) >= 11 is 5.90. The van der Waals surface area contributed by atoms with Crippen molar-refractivity contribution in [3.05, 3.63) is 53.6 Å². The Bertz CT molecular complexity index is 815. The van der Waals surface area contributed by atoms with Crippen molar-refractivity contribution in [1.82, 2.24) is 14.9 Å². The summed E-state index contributed by atoms with van der Waals surface area (Å²) in [6, 6.07) is 15.7. The van der Waals surface area contributed by atoms with Crippen molar-refractivity contribution in [3.63, 3.8) is 0 Å². The summed E-state index contributed by atoms with van der Waals surface area (Å²) in [4.78, 5) is 13.0. The standard InChI is InChI=1S/C20H23ClN4O/c21-16-6-8-17(9-7-16)26-15-14-24-10-3-11-25(13-12-24)20-22-18-4-1-2-5-19(18)23-20/h1-2,4-9H,3,10-15H2,(H,22,23). The van der Waals surface area contributed by atoms with E-state index >= 15 is 0 Å². The van der Waals surface area contributed by atoms with Gasteiger partial charge in [-0.2, -0.15) is 0 Å². The van der Waals surface area contributed by atoms with E-state index in [2.05, 4.69) is 20.9 Å². The summed E-state index contributed by atoms with van der Waals surface area (Å²) in [7, 11) is 0. The van der Waals surface area contributed by atoms with Gasteiger partial charge >= 0.3 is 0 Å². The number of ether oxygens (including phenoxy) is 1. The minimum absolute atomic E-state index is 0.687. The molecule has 6 heteroatoms. The van der Waals surface area contributed by atoms with Crippen LogP contribution in [0.1, 0.15) is 6.42 Å². The molecule has 4 rings (SSSR count). The van der Waals surface area contributed by atoms with Crippen LogP contribution in [0.2, 0.25) is 5.02 Å². The molecular weight excluding hydrogens is 348 g/mol. The first-order valence-electron chi connectivity index (χ1n) is 9.08. The maximum atomic E-state index is 5.90. The van der Waals surface area contributed by atoms with Gasteiger partial charge in [-0.05, 0) is 42.8 Å². The van der Waals surface area contributed by atoms with E-state index in [4.69, 9.17) is 21.3 Å². The van der Waals surface area contributed by atoms with Crippen molar-refractivity contribution in [2.24, 2.45) is 0 Å². The highest BCUT2D eigenvalue weighted by Crippen LogP contribution is 2.19. The summed E-state index contributed by atoms with van der Waals surface area (Å²) in [6.07, 6.45) is 1.12. The Labute approximate surface area is 158 Å². The van der Waals surface area contributed by atoms with Crippen LogP contribution in [0.4, 0.5) is 5.95 Å². The van der Waals surface area contributed by atoms with Crippen LogP contribution in [0.15, 0.2) is 48.5 Å². The zero-order chi connectivity index (χ0) is 17.8. The third kappa shape index (κ3) is 4.11. The van der Waals surface area contributed by atoms with Crippen molar-refractivity contribution in [2.45, 2.75) is 6.42 Å². The van der Waals surface area contributed by atoms with E-state index in [0.717, 1.165) is 66.9 Å². The molecule has 0 bridgehead atoms. The molecule has 1 aliphatic heterocycles. The predicted octanol–water partition coefficient (Wildman–Crippen LogP) is 3.81. The molecular formula is C20H23ClN4O. The lowest BCUT2D eigenvalue weighted by Gasteiger charge is -2.21. The van der Waals surface area contributed by atoms with E-state index in [-0.39, 0.29) is 0 Å². The van der Waals surface area contributed by atoms with Crippen LogP contribution in [0.5, 0.6) is 5.75 Å². The summed E-state index contributed by atoms with van der Waals surface area (Å²) < 4.78 is 5.82. The molecule has 3 aromatic rings.